The molecule has 2 aromatic heterocycles. The first-order chi connectivity index (χ1) is 21.0. The summed E-state index contributed by atoms with van der Waals surface area (Å²) >= 11 is 0. The molecule has 4 aromatic rings. The predicted molar refractivity (Wildman–Crippen MR) is 145 cm³/mol. The lowest BCUT2D eigenvalue weighted by atomic mass is 10.1. The van der Waals surface area contributed by atoms with E-state index in [1.807, 2.05) is 0 Å². The highest BCUT2D eigenvalue weighted by molar-refractivity contribution is 6.05. The van der Waals surface area contributed by atoms with E-state index < -0.39 is 47.4 Å². The fraction of sp³-hybridized carbons (Fsp3) is 0.241. The summed E-state index contributed by atoms with van der Waals surface area (Å²) in [7, 11) is 0. The number of carbonyl (C=O) groups excluding carboxylic acids is 3. The average Bonchev–Trinajstić information content (AvgIpc) is 3.49. The van der Waals surface area contributed by atoms with Gasteiger partial charge < -0.3 is 20.7 Å². The number of alkyl halides is 3. The van der Waals surface area contributed by atoms with Crippen LogP contribution in [0.15, 0.2) is 54.9 Å². The van der Waals surface area contributed by atoms with E-state index in [4.69, 9.17) is 5.73 Å². The van der Waals surface area contributed by atoms with E-state index in [9.17, 15) is 31.9 Å². The van der Waals surface area contributed by atoms with Crippen LogP contribution in [0, 0.1) is 23.6 Å². The summed E-state index contributed by atoms with van der Waals surface area (Å²) in [6.07, 6.45) is -1.07. The van der Waals surface area contributed by atoms with Crippen molar-refractivity contribution >= 4 is 34.3 Å². The van der Waals surface area contributed by atoms with Crippen molar-refractivity contribution in [3.05, 3.63) is 77.8 Å². The van der Waals surface area contributed by atoms with Crippen LogP contribution in [0.3, 0.4) is 0 Å². The molecule has 3 heterocycles. The van der Waals surface area contributed by atoms with Crippen molar-refractivity contribution in [2.24, 2.45) is 11.7 Å². The van der Waals surface area contributed by atoms with Gasteiger partial charge in [0.05, 0.1) is 11.2 Å². The van der Waals surface area contributed by atoms with Gasteiger partial charge in [0, 0.05) is 29.4 Å². The van der Waals surface area contributed by atoms with E-state index in [0.717, 1.165) is 18.2 Å². The lowest BCUT2D eigenvalue weighted by Crippen LogP contribution is -2.46. The number of hydrogen-bond acceptors (Lipinski definition) is 7. The summed E-state index contributed by atoms with van der Waals surface area (Å²) in [5.74, 6) is 1.49. The van der Waals surface area contributed by atoms with Gasteiger partial charge in [-0.25, -0.2) is 14.4 Å². The van der Waals surface area contributed by atoms with E-state index >= 15 is 0 Å². The molecule has 0 radical (unpaired) electrons. The molecule has 3 amide bonds. The number of rotatable bonds is 6. The molecular formula is C29H21F4N7O4. The number of piperidine rings is 1. The molecule has 224 valence electrons. The van der Waals surface area contributed by atoms with Crippen LogP contribution in [0.1, 0.15) is 34.7 Å². The SMILES string of the molecule is NC(=O)c1nn(CC(=O)N2[C@@H]3C[C@@H]3C[C@H]2C(=O)Nc2cccc(OC(F)(F)F)c2F)c2ccc(C#Cc3ncccn3)cc12. The molecule has 15 heteroatoms. The Morgan fingerprint density at radius 2 is 1.84 bits per heavy atom. The van der Waals surface area contributed by atoms with Gasteiger partial charge in [0.25, 0.3) is 5.91 Å². The van der Waals surface area contributed by atoms with Gasteiger partial charge in [-0.15, -0.1) is 13.2 Å². The molecule has 1 aliphatic carbocycles. The summed E-state index contributed by atoms with van der Waals surface area (Å²) in [5, 5.41) is 6.90. The number of fused-ring (bicyclic) bond motifs is 2. The minimum atomic E-state index is -5.13. The lowest BCUT2D eigenvalue weighted by Gasteiger charge is -2.27. The first-order valence-corrected chi connectivity index (χ1v) is 13.2. The zero-order valence-corrected chi connectivity index (χ0v) is 22.5. The molecule has 2 aromatic carbocycles. The highest BCUT2D eigenvalue weighted by Crippen LogP contribution is 2.48. The van der Waals surface area contributed by atoms with Crippen LogP contribution in [0.2, 0.25) is 0 Å². The molecule has 0 unspecified atom stereocenters. The summed E-state index contributed by atoms with van der Waals surface area (Å²) in [6, 6.07) is 8.28. The number of carbonyl (C=O) groups is 3. The second-order valence-corrected chi connectivity index (χ2v) is 10.2. The molecule has 2 fully saturated rings. The molecule has 11 nitrogen and oxygen atoms in total. The van der Waals surface area contributed by atoms with Crippen LogP contribution in [-0.2, 0) is 16.1 Å². The lowest BCUT2D eigenvalue weighted by molar-refractivity contribution is -0.275. The normalized spacial score (nSPS) is 18.7. The molecular weight excluding hydrogens is 586 g/mol. The summed E-state index contributed by atoms with van der Waals surface area (Å²) in [4.78, 5) is 48.4. The highest BCUT2D eigenvalue weighted by Gasteiger charge is 2.56. The molecule has 3 atom stereocenters. The summed E-state index contributed by atoms with van der Waals surface area (Å²) in [6.45, 7) is -0.344. The van der Waals surface area contributed by atoms with Crippen LogP contribution in [-0.4, -0.2) is 60.8 Å². The van der Waals surface area contributed by atoms with Crippen LogP contribution < -0.4 is 15.8 Å². The average molecular weight is 608 g/mol. The van der Waals surface area contributed by atoms with E-state index in [1.165, 1.54) is 9.58 Å². The summed E-state index contributed by atoms with van der Waals surface area (Å²) in [5.41, 5.74) is 5.90. The molecule has 1 saturated heterocycles. The number of nitrogens with one attached hydrogen (secondary N) is 1. The van der Waals surface area contributed by atoms with E-state index in [2.05, 4.69) is 37.0 Å². The molecule has 6 rings (SSSR count). The van der Waals surface area contributed by atoms with Crippen molar-refractivity contribution in [3.63, 3.8) is 0 Å². The molecule has 1 saturated carbocycles. The number of ether oxygens (including phenoxy) is 1. The Balaban J connectivity index is 1.22. The summed E-state index contributed by atoms with van der Waals surface area (Å²) < 4.78 is 57.5. The van der Waals surface area contributed by atoms with E-state index in [0.29, 0.717) is 35.1 Å². The maximum atomic E-state index is 14.7. The first-order valence-electron chi connectivity index (χ1n) is 13.2. The van der Waals surface area contributed by atoms with Gasteiger partial charge in [-0.2, -0.15) is 5.10 Å². The predicted octanol–water partition coefficient (Wildman–Crippen LogP) is 2.99. The highest BCUT2D eigenvalue weighted by atomic mass is 19.4. The second kappa shape index (κ2) is 11.0. The smallest absolute Gasteiger partial charge is 0.403 e. The van der Waals surface area contributed by atoms with Gasteiger partial charge in [-0.1, -0.05) is 12.0 Å². The number of anilines is 1. The quantitative estimate of drug-likeness (QED) is 0.253. The largest absolute Gasteiger partial charge is 0.573 e. The van der Waals surface area contributed by atoms with Crippen molar-refractivity contribution in [2.75, 3.05) is 5.32 Å². The second-order valence-electron chi connectivity index (χ2n) is 10.2. The molecule has 44 heavy (non-hydrogen) atoms. The van der Waals surface area contributed by atoms with Gasteiger partial charge in [0.2, 0.25) is 17.6 Å². The Hall–Kier alpha value is -5.52. The molecule has 2 aliphatic rings. The number of primary amides is 1. The van der Waals surface area contributed by atoms with Crippen LogP contribution in [0.25, 0.3) is 10.9 Å². The maximum absolute atomic E-state index is 14.7. The van der Waals surface area contributed by atoms with Crippen molar-refractivity contribution in [3.8, 4) is 17.6 Å². The number of halogens is 4. The fourth-order valence-corrected chi connectivity index (χ4v) is 5.34. The number of benzene rings is 2. The van der Waals surface area contributed by atoms with Crippen LogP contribution >= 0.6 is 0 Å². The maximum Gasteiger partial charge on any atom is 0.573 e. The minimum absolute atomic E-state index is 0.0460. The Kier molecular flexibility index (Phi) is 7.12. The Bertz CT molecular complexity index is 1870. The zero-order valence-electron chi connectivity index (χ0n) is 22.5. The molecule has 0 bridgehead atoms. The van der Waals surface area contributed by atoms with Crippen molar-refractivity contribution < 1.29 is 36.7 Å². The molecule has 0 spiro atoms. The number of aromatic nitrogens is 4. The number of likely N-dealkylation sites (tertiary alicyclic amines) is 1. The van der Waals surface area contributed by atoms with Crippen molar-refractivity contribution in [2.45, 2.75) is 37.8 Å². The number of nitrogens with zero attached hydrogens (tertiary/aromatic N) is 5. The van der Waals surface area contributed by atoms with Crippen molar-refractivity contribution in [1.82, 2.24) is 24.6 Å². The van der Waals surface area contributed by atoms with Crippen LogP contribution in [0.5, 0.6) is 5.75 Å². The van der Waals surface area contributed by atoms with Crippen molar-refractivity contribution in [1.29, 1.82) is 0 Å². The van der Waals surface area contributed by atoms with Gasteiger partial charge >= 0.3 is 6.36 Å². The van der Waals surface area contributed by atoms with Gasteiger partial charge in [0.15, 0.2) is 17.3 Å². The number of hydrogen-bond donors (Lipinski definition) is 2. The third kappa shape index (κ3) is 5.74. The number of amides is 3. The molecule has 1 aliphatic heterocycles. The standard InChI is InChI=1S/C29H21F4N7O4/c30-25-18(3-1-4-22(25)44-29(31,32)33)37-28(43)21-13-16-12-20(16)40(21)24(41)14-39-19-7-5-15(6-8-23-35-9-2-10-36-23)11-17(19)26(38-39)27(34)42/h1-5,7,9-11,16,20-21H,12-14H2,(H2,34,42)(H,37,43)/t16-,20-,21+/m1/s1. The topological polar surface area (TPSA) is 145 Å². The van der Waals surface area contributed by atoms with Crippen LogP contribution in [0.4, 0.5) is 23.2 Å². The number of nitrogens with two attached hydrogens (primary N) is 1. The minimum Gasteiger partial charge on any atom is -0.403 e. The first kappa shape index (κ1) is 28.6. The third-order valence-corrected chi connectivity index (χ3v) is 7.30. The monoisotopic (exact) mass is 607 g/mol. The van der Waals surface area contributed by atoms with E-state index in [-0.39, 0.29) is 24.2 Å². The Morgan fingerprint density at radius 1 is 1.07 bits per heavy atom. The Morgan fingerprint density at radius 3 is 2.57 bits per heavy atom. The Labute approximate surface area is 246 Å². The molecule has 3 N–H and O–H groups in total. The third-order valence-electron chi connectivity index (χ3n) is 7.30. The van der Waals surface area contributed by atoms with Gasteiger partial charge in [0.1, 0.15) is 12.6 Å². The van der Waals surface area contributed by atoms with Gasteiger partial charge in [-0.05, 0) is 61.1 Å². The zero-order chi connectivity index (χ0) is 31.2. The van der Waals surface area contributed by atoms with Gasteiger partial charge in [-0.3, -0.25) is 19.1 Å². The van der Waals surface area contributed by atoms with E-state index in [1.54, 1.807) is 36.7 Å². The fourth-order valence-electron chi connectivity index (χ4n) is 5.34.